The number of methoxy groups -OCH3 is 1. The number of nitrogens with zero attached hydrogens (tertiary/aromatic N) is 1. The molecule has 8 heteroatoms. The highest BCUT2D eigenvalue weighted by Gasteiger charge is 2.31. The van der Waals surface area contributed by atoms with Gasteiger partial charge in [-0.25, -0.2) is 9.78 Å². The van der Waals surface area contributed by atoms with Crippen molar-refractivity contribution in [1.82, 2.24) is 10.3 Å². The number of thiazole rings is 1. The predicted molar refractivity (Wildman–Crippen MR) is 88.0 cm³/mol. The highest BCUT2D eigenvalue weighted by Crippen LogP contribution is 2.32. The molecular weight excluding hydrogens is 318 g/mol. The third kappa shape index (κ3) is 4.07. The number of hydrogen-bond acceptors (Lipinski definition) is 7. The van der Waals surface area contributed by atoms with Crippen molar-refractivity contribution in [3.63, 3.8) is 0 Å². The van der Waals surface area contributed by atoms with E-state index in [1.165, 1.54) is 7.11 Å². The lowest BCUT2D eigenvalue weighted by Crippen LogP contribution is -2.53. The molecule has 2 rings (SSSR count). The largest absolute Gasteiger partial charge is 0.465 e. The Labute approximate surface area is 139 Å². The third-order valence-electron chi connectivity index (χ3n) is 3.54. The number of carbonyl (C=O) groups excluding carboxylic acids is 2. The maximum Gasteiger partial charge on any atom is 0.350 e. The van der Waals surface area contributed by atoms with Gasteiger partial charge in [0, 0.05) is 12.0 Å². The topological polar surface area (TPSA) is 89.5 Å². The lowest BCUT2D eigenvalue weighted by Gasteiger charge is -2.28. The second-order valence-electron chi connectivity index (χ2n) is 6.44. The number of nitrogens with one attached hydrogen (secondary N) is 2. The summed E-state index contributed by atoms with van der Waals surface area (Å²) in [5.74, 6) is -0.664. The van der Waals surface area contributed by atoms with Gasteiger partial charge in [-0.2, -0.15) is 0 Å². The molecule has 0 spiro atoms. The summed E-state index contributed by atoms with van der Waals surface area (Å²) in [5, 5.41) is 6.28. The molecule has 1 aromatic rings. The molecule has 0 radical (unpaired) electrons. The smallest absolute Gasteiger partial charge is 0.350 e. The SMILES string of the molecule is COC(=O)c1sc(NC(=O)[C@H]2NCCO[C@@H]2C)nc1C(C)(C)C. The fourth-order valence-electron chi connectivity index (χ4n) is 2.32. The highest BCUT2D eigenvalue weighted by molar-refractivity contribution is 7.17. The van der Waals surface area contributed by atoms with Gasteiger partial charge in [-0.1, -0.05) is 32.1 Å². The predicted octanol–water partition coefficient (Wildman–Crippen LogP) is 1.54. The summed E-state index contributed by atoms with van der Waals surface area (Å²) in [6.07, 6.45) is -0.217. The van der Waals surface area contributed by atoms with Crippen LogP contribution in [-0.4, -0.2) is 49.3 Å². The first-order valence-corrected chi connectivity index (χ1v) is 8.31. The molecule has 1 fully saturated rings. The average Bonchev–Trinajstić information content (AvgIpc) is 2.90. The Morgan fingerprint density at radius 1 is 1.43 bits per heavy atom. The molecule has 2 atom stereocenters. The van der Waals surface area contributed by atoms with Crippen LogP contribution in [0.4, 0.5) is 5.13 Å². The van der Waals surface area contributed by atoms with Gasteiger partial charge in [0.15, 0.2) is 5.13 Å². The number of esters is 1. The quantitative estimate of drug-likeness (QED) is 0.811. The number of ether oxygens (including phenoxy) is 2. The average molecular weight is 341 g/mol. The van der Waals surface area contributed by atoms with Crippen LogP contribution in [-0.2, 0) is 19.7 Å². The van der Waals surface area contributed by atoms with Gasteiger partial charge >= 0.3 is 5.97 Å². The molecule has 0 aromatic carbocycles. The molecule has 1 aliphatic rings. The van der Waals surface area contributed by atoms with Gasteiger partial charge in [-0.15, -0.1) is 0 Å². The zero-order valence-electron chi connectivity index (χ0n) is 14.1. The van der Waals surface area contributed by atoms with Crippen molar-refractivity contribution in [2.75, 3.05) is 25.6 Å². The summed E-state index contributed by atoms with van der Waals surface area (Å²) < 4.78 is 10.3. The maximum atomic E-state index is 12.4. The molecule has 23 heavy (non-hydrogen) atoms. The van der Waals surface area contributed by atoms with Crippen LogP contribution < -0.4 is 10.6 Å². The minimum atomic E-state index is -0.444. The number of aromatic nitrogens is 1. The van der Waals surface area contributed by atoms with Crippen molar-refractivity contribution in [3.8, 4) is 0 Å². The van der Waals surface area contributed by atoms with Crippen molar-refractivity contribution < 1.29 is 19.1 Å². The van der Waals surface area contributed by atoms with Crippen molar-refractivity contribution in [1.29, 1.82) is 0 Å². The van der Waals surface area contributed by atoms with Crippen LogP contribution in [0, 0.1) is 0 Å². The number of rotatable bonds is 3. The van der Waals surface area contributed by atoms with Gasteiger partial charge in [0.25, 0.3) is 0 Å². The van der Waals surface area contributed by atoms with Gasteiger partial charge in [0.1, 0.15) is 10.9 Å². The zero-order chi connectivity index (χ0) is 17.2. The fraction of sp³-hybridized carbons (Fsp3) is 0.667. The van der Waals surface area contributed by atoms with E-state index in [0.717, 1.165) is 11.3 Å². The van der Waals surface area contributed by atoms with E-state index >= 15 is 0 Å². The number of hydrogen-bond donors (Lipinski definition) is 2. The second-order valence-corrected chi connectivity index (χ2v) is 7.43. The monoisotopic (exact) mass is 341 g/mol. The van der Waals surface area contributed by atoms with E-state index in [0.29, 0.717) is 28.9 Å². The lowest BCUT2D eigenvalue weighted by atomic mass is 9.91. The first-order valence-electron chi connectivity index (χ1n) is 7.49. The third-order valence-corrected chi connectivity index (χ3v) is 4.49. The first-order chi connectivity index (χ1) is 10.7. The van der Waals surface area contributed by atoms with Gasteiger partial charge in [0.05, 0.1) is 25.5 Å². The summed E-state index contributed by atoms with van der Waals surface area (Å²) in [6.45, 7) is 8.93. The highest BCUT2D eigenvalue weighted by atomic mass is 32.1. The molecule has 7 nitrogen and oxygen atoms in total. The van der Waals surface area contributed by atoms with E-state index in [1.54, 1.807) is 0 Å². The van der Waals surface area contributed by atoms with Crippen LogP contribution in [0.25, 0.3) is 0 Å². The molecule has 0 bridgehead atoms. The fourth-order valence-corrected chi connectivity index (χ4v) is 3.42. The van der Waals surface area contributed by atoms with Crippen LogP contribution in [0.1, 0.15) is 43.1 Å². The Balaban J connectivity index is 2.21. The standard InChI is InChI=1S/C15H23N3O4S/c1-8-9(16-6-7-22-8)12(19)18-14-17-11(15(2,3)4)10(23-14)13(20)21-5/h8-9,16H,6-7H2,1-5H3,(H,17,18,19)/t8-,9+/m1/s1. The Bertz CT molecular complexity index is 594. The summed E-state index contributed by atoms with van der Waals surface area (Å²) in [7, 11) is 1.33. The second kappa shape index (κ2) is 6.94. The van der Waals surface area contributed by atoms with E-state index in [-0.39, 0.29) is 17.4 Å². The Hall–Kier alpha value is -1.51. The van der Waals surface area contributed by atoms with Gasteiger partial charge < -0.3 is 20.1 Å². The molecule has 128 valence electrons. The van der Waals surface area contributed by atoms with E-state index in [9.17, 15) is 9.59 Å². The minimum absolute atomic E-state index is 0.217. The first kappa shape index (κ1) is 17.8. The van der Waals surface area contributed by atoms with Crippen molar-refractivity contribution >= 4 is 28.3 Å². The van der Waals surface area contributed by atoms with Crippen molar-refractivity contribution in [2.45, 2.75) is 45.3 Å². The molecule has 0 aliphatic carbocycles. The summed E-state index contributed by atoms with van der Waals surface area (Å²) >= 11 is 1.13. The maximum absolute atomic E-state index is 12.4. The molecule has 0 saturated carbocycles. The molecule has 2 N–H and O–H groups in total. The van der Waals surface area contributed by atoms with E-state index in [4.69, 9.17) is 9.47 Å². The Morgan fingerprint density at radius 3 is 2.70 bits per heavy atom. The van der Waals surface area contributed by atoms with E-state index in [1.807, 2.05) is 27.7 Å². The number of amides is 1. The van der Waals surface area contributed by atoms with E-state index in [2.05, 4.69) is 15.6 Å². The zero-order valence-corrected chi connectivity index (χ0v) is 14.9. The molecule has 2 heterocycles. The molecular formula is C15H23N3O4S. The summed E-state index contributed by atoms with van der Waals surface area (Å²) in [6, 6.07) is -0.438. The Morgan fingerprint density at radius 2 is 2.13 bits per heavy atom. The number of morpholine rings is 1. The van der Waals surface area contributed by atoms with E-state index < -0.39 is 12.0 Å². The van der Waals surface area contributed by atoms with Gasteiger partial charge in [-0.05, 0) is 6.92 Å². The molecule has 1 aromatic heterocycles. The summed E-state index contributed by atoms with van der Waals surface area (Å²) in [5.41, 5.74) is 0.285. The summed E-state index contributed by atoms with van der Waals surface area (Å²) in [4.78, 5) is 29.2. The molecule has 1 saturated heterocycles. The minimum Gasteiger partial charge on any atom is -0.465 e. The van der Waals surface area contributed by atoms with Crippen molar-refractivity contribution in [2.24, 2.45) is 0 Å². The van der Waals surface area contributed by atoms with Crippen LogP contribution in [0.5, 0.6) is 0 Å². The van der Waals surface area contributed by atoms with Gasteiger partial charge in [-0.3, -0.25) is 4.79 Å². The lowest BCUT2D eigenvalue weighted by molar-refractivity contribution is -0.123. The Kier molecular flexibility index (Phi) is 5.38. The van der Waals surface area contributed by atoms with Crippen molar-refractivity contribution in [3.05, 3.63) is 10.6 Å². The molecule has 1 aliphatic heterocycles. The molecule has 1 amide bonds. The number of anilines is 1. The molecule has 0 unspecified atom stereocenters. The van der Waals surface area contributed by atoms with Crippen LogP contribution in [0.2, 0.25) is 0 Å². The van der Waals surface area contributed by atoms with Crippen LogP contribution in [0.15, 0.2) is 0 Å². The normalized spacial score (nSPS) is 21.8. The van der Waals surface area contributed by atoms with Gasteiger partial charge in [0.2, 0.25) is 5.91 Å². The number of carbonyl (C=O) groups is 2. The van der Waals surface area contributed by atoms with Crippen LogP contribution in [0.3, 0.4) is 0 Å². The van der Waals surface area contributed by atoms with Crippen LogP contribution >= 0.6 is 11.3 Å².